The molecule has 2 unspecified atom stereocenters. The van der Waals surface area contributed by atoms with E-state index in [9.17, 15) is 0 Å². The van der Waals surface area contributed by atoms with Crippen LogP contribution in [0.3, 0.4) is 0 Å². The predicted octanol–water partition coefficient (Wildman–Crippen LogP) is 5.78. The van der Waals surface area contributed by atoms with E-state index in [1.807, 2.05) is 13.2 Å². The maximum atomic E-state index is 5.65. The van der Waals surface area contributed by atoms with E-state index in [0.29, 0.717) is 17.4 Å². The standard InChI is InChI=1S/C13H26O2.C13H20O2/c1-13(2)9-6-5-7-11(13)12(15-4)8-10-14-3;1-13(10-14-2,11-15-3)9-12-7-5-4-6-8-12/h11-12H,5-10H2,1-4H3;4-8H,9-11H2,1-3H3. The van der Waals surface area contributed by atoms with Crippen molar-refractivity contribution < 1.29 is 18.9 Å². The van der Waals surface area contributed by atoms with E-state index in [-0.39, 0.29) is 5.41 Å². The van der Waals surface area contributed by atoms with Crippen LogP contribution in [0.1, 0.15) is 58.4 Å². The summed E-state index contributed by atoms with van der Waals surface area (Å²) < 4.78 is 21.3. The van der Waals surface area contributed by atoms with E-state index >= 15 is 0 Å². The highest BCUT2D eigenvalue weighted by Gasteiger charge is 2.37. The number of rotatable bonds is 11. The Morgan fingerprint density at radius 1 is 0.967 bits per heavy atom. The van der Waals surface area contributed by atoms with Crippen molar-refractivity contribution in [2.75, 3.05) is 48.3 Å². The van der Waals surface area contributed by atoms with Crippen LogP contribution in [-0.2, 0) is 25.4 Å². The van der Waals surface area contributed by atoms with Gasteiger partial charge in [0.15, 0.2) is 0 Å². The molecule has 0 aromatic heterocycles. The van der Waals surface area contributed by atoms with Crippen molar-refractivity contribution in [1.29, 1.82) is 0 Å². The first kappa shape index (κ1) is 27.1. The second-order valence-electron chi connectivity index (χ2n) is 9.74. The average Bonchev–Trinajstić information content (AvgIpc) is 2.71. The van der Waals surface area contributed by atoms with Gasteiger partial charge in [0.2, 0.25) is 0 Å². The SMILES string of the molecule is COCC(C)(COC)Cc1ccccc1.COCCC(OC)C1CCCCC1(C)C. The van der Waals surface area contributed by atoms with Crippen molar-refractivity contribution in [3.63, 3.8) is 0 Å². The topological polar surface area (TPSA) is 36.9 Å². The van der Waals surface area contributed by atoms with Crippen molar-refractivity contribution >= 4 is 0 Å². The van der Waals surface area contributed by atoms with Gasteiger partial charge >= 0.3 is 0 Å². The molecule has 4 nitrogen and oxygen atoms in total. The molecule has 30 heavy (non-hydrogen) atoms. The highest BCUT2D eigenvalue weighted by Crippen LogP contribution is 2.43. The lowest BCUT2D eigenvalue weighted by Gasteiger charge is -2.42. The third kappa shape index (κ3) is 9.47. The summed E-state index contributed by atoms with van der Waals surface area (Å²) in [5, 5.41) is 0. The molecule has 1 aliphatic carbocycles. The number of hydrogen-bond donors (Lipinski definition) is 0. The van der Waals surface area contributed by atoms with Gasteiger partial charge in [-0.05, 0) is 42.6 Å². The van der Waals surface area contributed by atoms with Gasteiger partial charge in [0, 0.05) is 40.5 Å². The molecule has 2 rings (SSSR count). The van der Waals surface area contributed by atoms with Crippen LogP contribution < -0.4 is 0 Å². The molecule has 174 valence electrons. The van der Waals surface area contributed by atoms with Crippen LogP contribution in [0.5, 0.6) is 0 Å². The second kappa shape index (κ2) is 14.2. The van der Waals surface area contributed by atoms with E-state index in [1.165, 1.54) is 31.2 Å². The van der Waals surface area contributed by atoms with Crippen molar-refractivity contribution in [3.05, 3.63) is 35.9 Å². The van der Waals surface area contributed by atoms with Gasteiger partial charge in [0.25, 0.3) is 0 Å². The second-order valence-corrected chi connectivity index (χ2v) is 9.74. The molecule has 0 amide bonds. The normalized spacial score (nSPS) is 19.6. The molecule has 0 radical (unpaired) electrons. The van der Waals surface area contributed by atoms with Gasteiger partial charge in [-0.2, -0.15) is 0 Å². The zero-order valence-electron chi connectivity index (χ0n) is 20.5. The number of ether oxygens (including phenoxy) is 4. The molecule has 0 spiro atoms. The highest BCUT2D eigenvalue weighted by atomic mass is 16.5. The molecule has 1 saturated carbocycles. The van der Waals surface area contributed by atoms with Gasteiger partial charge in [-0.15, -0.1) is 0 Å². The van der Waals surface area contributed by atoms with Crippen molar-refractivity contribution in [2.45, 2.75) is 65.4 Å². The van der Waals surface area contributed by atoms with Crippen molar-refractivity contribution in [2.24, 2.45) is 16.7 Å². The van der Waals surface area contributed by atoms with Crippen LogP contribution in [0.4, 0.5) is 0 Å². The summed E-state index contributed by atoms with van der Waals surface area (Å²) in [5.41, 5.74) is 1.83. The number of hydrogen-bond acceptors (Lipinski definition) is 4. The van der Waals surface area contributed by atoms with Gasteiger partial charge in [0.05, 0.1) is 19.3 Å². The van der Waals surface area contributed by atoms with E-state index in [0.717, 1.165) is 32.7 Å². The third-order valence-corrected chi connectivity index (χ3v) is 6.41. The van der Waals surface area contributed by atoms with Gasteiger partial charge in [-0.1, -0.05) is 63.9 Å². The molecular formula is C26H46O4. The maximum Gasteiger partial charge on any atom is 0.0626 e. The molecule has 0 saturated heterocycles. The summed E-state index contributed by atoms with van der Waals surface area (Å²) in [7, 11) is 7.07. The fraction of sp³-hybridized carbons (Fsp3) is 0.769. The van der Waals surface area contributed by atoms with Crippen LogP contribution >= 0.6 is 0 Å². The lowest BCUT2D eigenvalue weighted by atomic mass is 9.66. The van der Waals surface area contributed by atoms with E-state index < -0.39 is 0 Å². The Morgan fingerprint density at radius 2 is 1.60 bits per heavy atom. The predicted molar refractivity (Wildman–Crippen MR) is 125 cm³/mol. The molecule has 4 heteroatoms. The Balaban J connectivity index is 0.000000300. The van der Waals surface area contributed by atoms with E-state index in [4.69, 9.17) is 18.9 Å². The maximum absolute atomic E-state index is 5.65. The van der Waals surface area contributed by atoms with Gasteiger partial charge in [-0.25, -0.2) is 0 Å². The summed E-state index contributed by atoms with van der Waals surface area (Å²) in [6, 6.07) is 10.4. The summed E-state index contributed by atoms with van der Waals surface area (Å²) in [6.45, 7) is 9.20. The molecule has 1 fully saturated rings. The highest BCUT2D eigenvalue weighted by molar-refractivity contribution is 5.16. The minimum Gasteiger partial charge on any atom is -0.385 e. The number of benzene rings is 1. The third-order valence-electron chi connectivity index (χ3n) is 6.41. The first-order valence-corrected chi connectivity index (χ1v) is 11.4. The Hall–Kier alpha value is -0.940. The van der Waals surface area contributed by atoms with Crippen molar-refractivity contribution in [1.82, 2.24) is 0 Å². The number of methoxy groups -OCH3 is 4. The van der Waals surface area contributed by atoms with Crippen LogP contribution in [-0.4, -0.2) is 54.4 Å². The van der Waals surface area contributed by atoms with Crippen molar-refractivity contribution in [3.8, 4) is 0 Å². The molecule has 2 atom stereocenters. The largest absolute Gasteiger partial charge is 0.385 e. The zero-order valence-corrected chi connectivity index (χ0v) is 20.5. The summed E-state index contributed by atoms with van der Waals surface area (Å²) in [5.74, 6) is 0.700. The Labute approximate surface area is 185 Å². The molecular weight excluding hydrogens is 376 g/mol. The lowest BCUT2D eigenvalue weighted by Crippen LogP contribution is -2.38. The van der Waals surface area contributed by atoms with E-state index in [2.05, 4.69) is 45.0 Å². The van der Waals surface area contributed by atoms with Gasteiger partial charge < -0.3 is 18.9 Å². The smallest absolute Gasteiger partial charge is 0.0626 e. The van der Waals surface area contributed by atoms with Crippen LogP contribution in [0.25, 0.3) is 0 Å². The Kier molecular flexibility index (Phi) is 12.8. The molecule has 0 N–H and O–H groups in total. The minimum absolute atomic E-state index is 0.0604. The van der Waals surface area contributed by atoms with Crippen LogP contribution in [0.2, 0.25) is 0 Å². The molecule has 0 heterocycles. The molecule has 0 bridgehead atoms. The average molecular weight is 423 g/mol. The molecule has 0 aliphatic heterocycles. The summed E-state index contributed by atoms with van der Waals surface area (Å²) in [4.78, 5) is 0. The molecule has 1 aromatic carbocycles. The molecule has 1 aliphatic rings. The van der Waals surface area contributed by atoms with Gasteiger partial charge in [-0.3, -0.25) is 0 Å². The fourth-order valence-corrected chi connectivity index (χ4v) is 4.86. The Morgan fingerprint density at radius 3 is 2.10 bits per heavy atom. The monoisotopic (exact) mass is 422 g/mol. The van der Waals surface area contributed by atoms with Gasteiger partial charge in [0.1, 0.15) is 0 Å². The summed E-state index contributed by atoms with van der Waals surface area (Å²) in [6.07, 6.45) is 7.78. The van der Waals surface area contributed by atoms with Crippen LogP contribution in [0, 0.1) is 16.7 Å². The minimum atomic E-state index is 0.0604. The first-order chi connectivity index (χ1) is 14.3. The zero-order chi connectivity index (χ0) is 22.5. The summed E-state index contributed by atoms with van der Waals surface area (Å²) >= 11 is 0. The first-order valence-electron chi connectivity index (χ1n) is 11.4. The lowest BCUT2D eigenvalue weighted by molar-refractivity contribution is -0.0371. The molecule has 1 aromatic rings. The quantitative estimate of drug-likeness (QED) is 0.453. The van der Waals surface area contributed by atoms with E-state index in [1.54, 1.807) is 21.3 Å². The van der Waals surface area contributed by atoms with Crippen LogP contribution in [0.15, 0.2) is 30.3 Å². The Bertz CT molecular complexity index is 537. The fourth-order valence-electron chi connectivity index (χ4n) is 4.86.